The molecule has 4 rings (SSSR count). The molecule has 1 aliphatic heterocycles. The third-order valence-electron chi connectivity index (χ3n) is 5.68. The van der Waals surface area contributed by atoms with E-state index in [0.717, 1.165) is 24.8 Å². The van der Waals surface area contributed by atoms with Crippen LogP contribution in [0, 0.1) is 0 Å². The summed E-state index contributed by atoms with van der Waals surface area (Å²) in [4.78, 5) is 12.8. The van der Waals surface area contributed by atoms with E-state index in [9.17, 15) is 13.2 Å². The molecule has 3 aromatic rings. The molecule has 1 aliphatic rings. The van der Waals surface area contributed by atoms with Crippen LogP contribution in [0.5, 0.6) is 5.75 Å². The molecule has 9 heteroatoms. The summed E-state index contributed by atoms with van der Waals surface area (Å²) in [5, 5.41) is 9.77. The number of hydrogen-bond acceptors (Lipinski definition) is 5. The Morgan fingerprint density at radius 3 is 2.62 bits per heavy atom. The zero-order chi connectivity index (χ0) is 22.7. The number of ether oxygens (including phenoxy) is 1. The molecule has 1 fully saturated rings. The Morgan fingerprint density at radius 1 is 1.16 bits per heavy atom. The van der Waals surface area contributed by atoms with E-state index in [1.54, 1.807) is 17.5 Å². The Kier molecular flexibility index (Phi) is 6.29. The first-order valence-corrected chi connectivity index (χ1v) is 12.0. The number of aromatic nitrogens is 2. The fourth-order valence-corrected chi connectivity index (χ4v) is 5.62. The van der Waals surface area contributed by atoms with Crippen molar-refractivity contribution >= 4 is 21.7 Å². The maximum Gasteiger partial charge on any atom is 0.256 e. The van der Waals surface area contributed by atoms with Crippen molar-refractivity contribution in [3.05, 3.63) is 60.2 Å². The molecule has 2 N–H and O–H groups in total. The van der Waals surface area contributed by atoms with Crippen LogP contribution in [-0.4, -0.2) is 48.5 Å². The summed E-state index contributed by atoms with van der Waals surface area (Å²) < 4.78 is 32.8. The van der Waals surface area contributed by atoms with Crippen LogP contribution in [0.15, 0.2) is 59.5 Å². The average Bonchev–Trinajstić information content (AvgIpc) is 3.27. The second-order valence-corrected chi connectivity index (χ2v) is 9.70. The topological polar surface area (TPSA) is 104 Å². The number of nitrogens with zero attached hydrogens (tertiary/aromatic N) is 2. The van der Waals surface area contributed by atoms with Crippen molar-refractivity contribution < 1.29 is 17.9 Å². The number of anilines is 1. The van der Waals surface area contributed by atoms with Crippen molar-refractivity contribution in [3.8, 4) is 17.0 Å². The van der Waals surface area contributed by atoms with Gasteiger partial charge in [-0.1, -0.05) is 18.6 Å². The second kappa shape index (κ2) is 9.13. The molecule has 2 aromatic carbocycles. The number of carbonyl (C=O) groups is 1. The number of methoxy groups -OCH3 is 1. The van der Waals surface area contributed by atoms with Crippen molar-refractivity contribution in [3.63, 3.8) is 0 Å². The predicted molar refractivity (Wildman–Crippen MR) is 122 cm³/mol. The number of H-pyrrole nitrogens is 1. The van der Waals surface area contributed by atoms with Crippen LogP contribution in [0.25, 0.3) is 11.3 Å². The normalized spacial score (nSPS) is 17.1. The number of sulfonamides is 1. The molecule has 0 spiro atoms. The van der Waals surface area contributed by atoms with Crippen LogP contribution >= 0.6 is 0 Å². The van der Waals surface area contributed by atoms with Gasteiger partial charge in [0.2, 0.25) is 10.0 Å². The summed E-state index contributed by atoms with van der Waals surface area (Å²) >= 11 is 0. The smallest absolute Gasteiger partial charge is 0.256 e. The standard InChI is InChI=1S/C23H26N4O4S/c1-16-7-5-6-14-27(16)32(29,30)18-12-10-17(11-13-18)23(28)24-22-15-20(25-26-22)19-8-3-4-9-21(19)31-2/h3-4,8-13,15-16H,5-7,14H2,1-2H3,(H2,24,25,26,28). The van der Waals surface area contributed by atoms with Gasteiger partial charge in [0.15, 0.2) is 5.82 Å². The molecule has 1 amide bonds. The summed E-state index contributed by atoms with van der Waals surface area (Å²) in [6.45, 7) is 2.46. The van der Waals surface area contributed by atoms with Gasteiger partial charge in [0, 0.05) is 29.8 Å². The number of benzene rings is 2. The Bertz CT molecular complexity index is 1200. The predicted octanol–water partition coefficient (Wildman–Crippen LogP) is 3.90. The zero-order valence-corrected chi connectivity index (χ0v) is 18.9. The minimum atomic E-state index is -3.57. The van der Waals surface area contributed by atoms with Crippen molar-refractivity contribution in [1.29, 1.82) is 0 Å². The van der Waals surface area contributed by atoms with Crippen LogP contribution < -0.4 is 10.1 Å². The maximum absolute atomic E-state index is 13.0. The van der Waals surface area contributed by atoms with E-state index in [2.05, 4.69) is 15.5 Å². The number of para-hydroxylation sites is 1. The average molecular weight is 455 g/mol. The molecule has 32 heavy (non-hydrogen) atoms. The van der Waals surface area contributed by atoms with Crippen LogP contribution in [0.4, 0.5) is 5.82 Å². The van der Waals surface area contributed by atoms with E-state index in [-0.39, 0.29) is 16.8 Å². The van der Waals surface area contributed by atoms with Gasteiger partial charge in [-0.25, -0.2) is 8.42 Å². The second-order valence-electron chi connectivity index (χ2n) is 7.81. The van der Waals surface area contributed by atoms with Gasteiger partial charge in [-0.3, -0.25) is 9.89 Å². The quantitative estimate of drug-likeness (QED) is 0.588. The van der Waals surface area contributed by atoms with Gasteiger partial charge in [-0.05, 0) is 56.2 Å². The van der Waals surface area contributed by atoms with E-state index in [1.165, 1.54) is 24.3 Å². The molecule has 2 heterocycles. The number of hydrogen-bond donors (Lipinski definition) is 2. The lowest BCUT2D eigenvalue weighted by atomic mass is 10.1. The highest BCUT2D eigenvalue weighted by molar-refractivity contribution is 7.89. The van der Waals surface area contributed by atoms with Crippen LogP contribution in [0.2, 0.25) is 0 Å². The fraction of sp³-hybridized carbons (Fsp3) is 0.304. The summed E-state index contributed by atoms with van der Waals surface area (Å²) in [6.07, 6.45) is 2.77. The van der Waals surface area contributed by atoms with E-state index >= 15 is 0 Å². The third-order valence-corrected chi connectivity index (χ3v) is 7.71. The highest BCUT2D eigenvalue weighted by Gasteiger charge is 2.30. The lowest BCUT2D eigenvalue weighted by Crippen LogP contribution is -2.41. The highest BCUT2D eigenvalue weighted by Crippen LogP contribution is 2.29. The van der Waals surface area contributed by atoms with Crippen molar-refractivity contribution in [2.45, 2.75) is 37.1 Å². The maximum atomic E-state index is 13.0. The first-order valence-electron chi connectivity index (χ1n) is 10.5. The SMILES string of the molecule is COc1ccccc1-c1cc(NC(=O)c2ccc(S(=O)(=O)N3CCCCC3C)cc2)n[nH]1. The largest absolute Gasteiger partial charge is 0.496 e. The van der Waals surface area contributed by atoms with Gasteiger partial charge in [-0.15, -0.1) is 0 Å². The molecule has 0 saturated carbocycles. The molecule has 0 radical (unpaired) electrons. The van der Waals surface area contributed by atoms with E-state index in [4.69, 9.17) is 4.74 Å². The van der Waals surface area contributed by atoms with Gasteiger partial charge >= 0.3 is 0 Å². The molecule has 1 atom stereocenters. The fourth-order valence-electron chi connectivity index (χ4n) is 3.92. The molecule has 1 saturated heterocycles. The van der Waals surface area contributed by atoms with Crippen molar-refractivity contribution in [1.82, 2.24) is 14.5 Å². The zero-order valence-electron chi connectivity index (χ0n) is 18.0. The van der Waals surface area contributed by atoms with Gasteiger partial charge in [0.1, 0.15) is 5.75 Å². The Morgan fingerprint density at radius 2 is 1.91 bits per heavy atom. The summed E-state index contributed by atoms with van der Waals surface area (Å²) in [7, 11) is -1.98. The van der Waals surface area contributed by atoms with Crippen LogP contribution in [0.1, 0.15) is 36.5 Å². The third kappa shape index (κ3) is 4.39. The van der Waals surface area contributed by atoms with Crippen molar-refractivity contribution in [2.24, 2.45) is 0 Å². The lowest BCUT2D eigenvalue weighted by Gasteiger charge is -2.32. The number of amides is 1. The van der Waals surface area contributed by atoms with Gasteiger partial charge < -0.3 is 10.1 Å². The summed E-state index contributed by atoms with van der Waals surface area (Å²) in [5.74, 6) is 0.668. The molecular weight excluding hydrogens is 428 g/mol. The van der Waals surface area contributed by atoms with E-state index in [0.29, 0.717) is 29.4 Å². The minimum absolute atomic E-state index is 0.0196. The first kappa shape index (κ1) is 22.0. The Balaban J connectivity index is 1.47. The monoisotopic (exact) mass is 454 g/mol. The minimum Gasteiger partial charge on any atom is -0.496 e. The number of aromatic amines is 1. The highest BCUT2D eigenvalue weighted by atomic mass is 32.2. The number of carbonyl (C=O) groups excluding carboxylic acids is 1. The molecule has 1 unspecified atom stereocenters. The lowest BCUT2D eigenvalue weighted by molar-refractivity contribution is 0.102. The Labute approximate surface area is 187 Å². The molecule has 0 aliphatic carbocycles. The molecule has 1 aromatic heterocycles. The number of rotatable bonds is 6. The molecule has 0 bridgehead atoms. The van der Waals surface area contributed by atoms with E-state index < -0.39 is 10.0 Å². The Hall–Kier alpha value is -3.17. The molecular formula is C23H26N4O4S. The first-order chi connectivity index (χ1) is 15.4. The van der Waals surface area contributed by atoms with Gasteiger partial charge in [0.05, 0.1) is 17.7 Å². The number of nitrogens with one attached hydrogen (secondary N) is 2. The van der Waals surface area contributed by atoms with Crippen LogP contribution in [-0.2, 0) is 10.0 Å². The van der Waals surface area contributed by atoms with Gasteiger partial charge in [-0.2, -0.15) is 9.40 Å². The van der Waals surface area contributed by atoms with Crippen molar-refractivity contribution in [2.75, 3.05) is 19.0 Å². The molecule has 168 valence electrons. The summed E-state index contributed by atoms with van der Waals surface area (Å²) in [6, 6.07) is 15.2. The summed E-state index contributed by atoms with van der Waals surface area (Å²) in [5.41, 5.74) is 1.87. The van der Waals surface area contributed by atoms with Crippen LogP contribution in [0.3, 0.4) is 0 Å². The number of piperidine rings is 1. The van der Waals surface area contributed by atoms with Gasteiger partial charge in [0.25, 0.3) is 5.91 Å². The molecule has 8 nitrogen and oxygen atoms in total. The van der Waals surface area contributed by atoms with E-state index in [1.807, 2.05) is 31.2 Å².